The molecule has 1 saturated carbocycles. The first-order valence-corrected chi connectivity index (χ1v) is 8.30. The Kier molecular flexibility index (Phi) is 5.46. The molecule has 134 valence electrons. The van der Waals surface area contributed by atoms with Gasteiger partial charge in [-0.3, -0.25) is 14.5 Å². The molecule has 0 aromatic carbocycles. The molecular formula is C16H25N3O5. The summed E-state index contributed by atoms with van der Waals surface area (Å²) in [6.07, 6.45) is 3.39. The first-order chi connectivity index (χ1) is 11.3. The highest BCUT2D eigenvalue weighted by Gasteiger charge is 2.52. The topological polar surface area (TPSA) is 105 Å². The summed E-state index contributed by atoms with van der Waals surface area (Å²) >= 11 is 0. The molecule has 0 radical (unpaired) electrons. The largest absolute Gasteiger partial charge is 0.467 e. The summed E-state index contributed by atoms with van der Waals surface area (Å²) in [6.45, 7) is 3.45. The predicted octanol–water partition coefficient (Wildman–Crippen LogP) is 0.555. The molecule has 8 heteroatoms. The number of esters is 1. The van der Waals surface area contributed by atoms with Crippen LogP contribution in [0, 0.1) is 5.92 Å². The normalized spacial score (nSPS) is 20.4. The van der Waals surface area contributed by atoms with Crippen molar-refractivity contribution in [1.29, 1.82) is 0 Å². The van der Waals surface area contributed by atoms with Crippen LogP contribution in [0.2, 0.25) is 0 Å². The van der Waals surface area contributed by atoms with Gasteiger partial charge in [0.25, 0.3) is 5.91 Å². The van der Waals surface area contributed by atoms with E-state index >= 15 is 0 Å². The number of hydrogen-bond acceptors (Lipinski definition) is 5. The molecule has 2 aliphatic rings. The first-order valence-electron chi connectivity index (χ1n) is 8.30. The average Bonchev–Trinajstić information content (AvgIpc) is 3.07. The highest BCUT2D eigenvalue weighted by atomic mass is 16.5. The van der Waals surface area contributed by atoms with Crippen LogP contribution in [-0.2, 0) is 19.1 Å². The van der Waals surface area contributed by atoms with Crippen LogP contribution in [0.5, 0.6) is 0 Å². The molecule has 0 aromatic heterocycles. The van der Waals surface area contributed by atoms with Crippen molar-refractivity contribution in [2.45, 2.75) is 57.5 Å². The van der Waals surface area contributed by atoms with Crippen LogP contribution in [0.15, 0.2) is 0 Å². The van der Waals surface area contributed by atoms with Crippen molar-refractivity contribution in [3.05, 3.63) is 0 Å². The standard InChI is InChI=1S/C16H25N3O5/c1-10(2)8-11(13(21)24-3)17-12(20)9-19-14(22)16(18-15(19)23)6-4-5-7-16/h10-11H,4-9H2,1-3H3,(H,17,20)(H,18,23)/t11-/m0/s1. The predicted molar refractivity (Wildman–Crippen MR) is 84.8 cm³/mol. The molecule has 0 bridgehead atoms. The minimum atomic E-state index is -0.836. The SMILES string of the molecule is COC(=O)[C@H](CC(C)C)NC(=O)CN1C(=O)NC2(CCCC2)C1=O. The summed E-state index contributed by atoms with van der Waals surface area (Å²) in [6, 6.07) is -1.33. The lowest BCUT2D eigenvalue weighted by Gasteiger charge is -2.21. The van der Waals surface area contributed by atoms with Crippen molar-refractivity contribution in [2.75, 3.05) is 13.7 Å². The minimum absolute atomic E-state index is 0.174. The van der Waals surface area contributed by atoms with Gasteiger partial charge < -0.3 is 15.4 Å². The molecule has 1 aliphatic heterocycles. The number of ether oxygens (including phenoxy) is 1. The number of nitrogens with zero attached hydrogens (tertiary/aromatic N) is 1. The summed E-state index contributed by atoms with van der Waals surface area (Å²) in [5.74, 6) is -1.27. The Labute approximate surface area is 141 Å². The molecular weight excluding hydrogens is 314 g/mol. The molecule has 1 spiro atoms. The van der Waals surface area contributed by atoms with Gasteiger partial charge in [-0.05, 0) is 25.2 Å². The van der Waals surface area contributed by atoms with Crippen molar-refractivity contribution in [2.24, 2.45) is 5.92 Å². The molecule has 1 aliphatic carbocycles. The Morgan fingerprint density at radius 2 is 1.92 bits per heavy atom. The van der Waals surface area contributed by atoms with Crippen molar-refractivity contribution >= 4 is 23.8 Å². The Morgan fingerprint density at radius 1 is 1.29 bits per heavy atom. The quantitative estimate of drug-likeness (QED) is 0.543. The number of imide groups is 1. The Balaban J connectivity index is 1.99. The van der Waals surface area contributed by atoms with Gasteiger partial charge in [-0.1, -0.05) is 26.7 Å². The van der Waals surface area contributed by atoms with Crippen LogP contribution in [0.1, 0.15) is 46.0 Å². The molecule has 2 rings (SSSR count). The van der Waals surface area contributed by atoms with Crippen LogP contribution in [0.25, 0.3) is 0 Å². The third-order valence-corrected chi connectivity index (χ3v) is 4.53. The molecule has 1 saturated heterocycles. The minimum Gasteiger partial charge on any atom is -0.467 e. The van der Waals surface area contributed by atoms with Crippen molar-refractivity contribution < 1.29 is 23.9 Å². The van der Waals surface area contributed by atoms with Gasteiger partial charge >= 0.3 is 12.0 Å². The number of amides is 4. The van der Waals surface area contributed by atoms with Gasteiger partial charge in [0.2, 0.25) is 5.91 Å². The van der Waals surface area contributed by atoms with E-state index in [1.165, 1.54) is 7.11 Å². The first kappa shape index (κ1) is 18.2. The van der Waals surface area contributed by atoms with Gasteiger partial charge in [0.15, 0.2) is 0 Å². The summed E-state index contributed by atoms with van der Waals surface area (Å²) in [5.41, 5.74) is -0.836. The van der Waals surface area contributed by atoms with Crippen LogP contribution in [-0.4, -0.2) is 54.0 Å². The number of carbonyl (C=O) groups is 4. The average molecular weight is 339 g/mol. The van der Waals surface area contributed by atoms with Gasteiger partial charge in [0.05, 0.1) is 7.11 Å². The van der Waals surface area contributed by atoms with E-state index in [0.29, 0.717) is 19.3 Å². The number of methoxy groups -OCH3 is 1. The monoisotopic (exact) mass is 339 g/mol. The maximum atomic E-state index is 12.5. The summed E-state index contributed by atoms with van der Waals surface area (Å²) < 4.78 is 4.69. The number of hydrogen-bond donors (Lipinski definition) is 2. The Hall–Kier alpha value is -2.12. The zero-order chi connectivity index (χ0) is 17.9. The number of nitrogens with one attached hydrogen (secondary N) is 2. The third kappa shape index (κ3) is 3.68. The summed E-state index contributed by atoms with van der Waals surface area (Å²) in [5, 5.41) is 5.28. The third-order valence-electron chi connectivity index (χ3n) is 4.53. The zero-order valence-corrected chi connectivity index (χ0v) is 14.4. The second kappa shape index (κ2) is 7.19. The molecule has 0 aromatic rings. The fraction of sp³-hybridized carbons (Fsp3) is 0.750. The second-order valence-electron chi connectivity index (χ2n) is 6.88. The van der Waals surface area contributed by atoms with Gasteiger partial charge in [0, 0.05) is 0 Å². The lowest BCUT2D eigenvalue weighted by Crippen LogP contribution is -2.48. The summed E-state index contributed by atoms with van der Waals surface area (Å²) in [4.78, 5) is 49.5. The molecule has 2 N–H and O–H groups in total. The highest BCUT2D eigenvalue weighted by Crippen LogP contribution is 2.34. The van der Waals surface area contributed by atoms with Gasteiger partial charge in [-0.15, -0.1) is 0 Å². The zero-order valence-electron chi connectivity index (χ0n) is 14.4. The van der Waals surface area contributed by atoms with Gasteiger partial charge in [-0.25, -0.2) is 9.59 Å². The fourth-order valence-corrected chi connectivity index (χ4v) is 3.35. The number of carbonyl (C=O) groups excluding carboxylic acids is 4. The maximum absolute atomic E-state index is 12.5. The van der Waals surface area contributed by atoms with E-state index in [2.05, 4.69) is 15.4 Å². The van der Waals surface area contributed by atoms with E-state index < -0.39 is 36.0 Å². The number of rotatable bonds is 6. The van der Waals surface area contributed by atoms with Crippen LogP contribution >= 0.6 is 0 Å². The van der Waals surface area contributed by atoms with Gasteiger partial charge in [-0.2, -0.15) is 0 Å². The molecule has 1 heterocycles. The Bertz CT molecular complexity index is 540. The molecule has 8 nitrogen and oxygen atoms in total. The van der Waals surface area contributed by atoms with Crippen molar-refractivity contribution in [1.82, 2.24) is 15.5 Å². The molecule has 2 fully saturated rings. The van der Waals surface area contributed by atoms with Crippen LogP contribution < -0.4 is 10.6 Å². The molecule has 24 heavy (non-hydrogen) atoms. The van der Waals surface area contributed by atoms with Gasteiger partial charge in [0.1, 0.15) is 18.1 Å². The number of urea groups is 1. The Morgan fingerprint density at radius 3 is 2.46 bits per heavy atom. The van der Waals surface area contributed by atoms with E-state index in [-0.39, 0.29) is 11.8 Å². The van der Waals surface area contributed by atoms with Crippen molar-refractivity contribution in [3.8, 4) is 0 Å². The molecule has 4 amide bonds. The van der Waals surface area contributed by atoms with E-state index in [1.807, 2.05) is 13.8 Å². The molecule has 1 atom stereocenters. The lowest BCUT2D eigenvalue weighted by atomic mass is 9.98. The smallest absolute Gasteiger partial charge is 0.328 e. The highest BCUT2D eigenvalue weighted by molar-refractivity contribution is 6.09. The van der Waals surface area contributed by atoms with Crippen molar-refractivity contribution in [3.63, 3.8) is 0 Å². The summed E-state index contributed by atoms with van der Waals surface area (Å²) in [7, 11) is 1.25. The second-order valence-corrected chi connectivity index (χ2v) is 6.88. The van der Waals surface area contributed by atoms with Crippen LogP contribution in [0.3, 0.4) is 0 Å². The maximum Gasteiger partial charge on any atom is 0.328 e. The van der Waals surface area contributed by atoms with E-state index in [0.717, 1.165) is 17.7 Å². The molecule has 0 unspecified atom stereocenters. The lowest BCUT2D eigenvalue weighted by molar-refractivity contribution is -0.145. The van der Waals surface area contributed by atoms with E-state index in [1.54, 1.807) is 0 Å². The fourth-order valence-electron chi connectivity index (χ4n) is 3.35. The van der Waals surface area contributed by atoms with E-state index in [9.17, 15) is 19.2 Å². The van der Waals surface area contributed by atoms with Crippen LogP contribution in [0.4, 0.5) is 4.79 Å². The van der Waals surface area contributed by atoms with E-state index in [4.69, 9.17) is 0 Å².